The van der Waals surface area contributed by atoms with E-state index in [0.717, 1.165) is 53.3 Å². The van der Waals surface area contributed by atoms with E-state index in [4.69, 9.17) is 0 Å². The van der Waals surface area contributed by atoms with Gasteiger partial charge < -0.3 is 15.4 Å². The highest BCUT2D eigenvalue weighted by molar-refractivity contribution is 7.98. The maximum atomic E-state index is 11.6. The molecule has 0 spiro atoms. The van der Waals surface area contributed by atoms with Crippen LogP contribution in [0, 0.1) is 6.92 Å². The largest absolute Gasteiger partial charge is 0.478 e. The van der Waals surface area contributed by atoms with Crippen LogP contribution in [0.2, 0.25) is 0 Å². The zero-order valence-electron chi connectivity index (χ0n) is 13.1. The van der Waals surface area contributed by atoms with Crippen LogP contribution >= 0.6 is 11.8 Å². The van der Waals surface area contributed by atoms with Crippen LogP contribution in [0.1, 0.15) is 39.3 Å². The fraction of sp³-hybridized carbons (Fsp3) is 0.438. The summed E-state index contributed by atoms with van der Waals surface area (Å²) in [6, 6.07) is 0. The number of imidazole rings is 1. The molecule has 0 fully saturated rings. The van der Waals surface area contributed by atoms with Gasteiger partial charge in [0.05, 0.1) is 12.0 Å². The minimum atomic E-state index is -0.890. The fourth-order valence-corrected chi connectivity index (χ4v) is 3.73. The molecule has 7 heteroatoms. The SMILES string of the molecule is Cc1[nH]cnc1CSCCNc1ncc2c(c1C(=O)O)CCC2. The fourth-order valence-electron chi connectivity index (χ4n) is 2.85. The number of carboxylic acid groups (broad SMARTS) is 1. The number of carbonyl (C=O) groups is 1. The molecule has 0 amide bonds. The summed E-state index contributed by atoms with van der Waals surface area (Å²) in [5, 5.41) is 12.7. The van der Waals surface area contributed by atoms with Crippen molar-refractivity contribution in [2.75, 3.05) is 17.6 Å². The molecular weight excluding hydrogens is 312 g/mol. The molecule has 0 unspecified atom stereocenters. The molecule has 2 heterocycles. The summed E-state index contributed by atoms with van der Waals surface area (Å²) in [4.78, 5) is 23.2. The second-order valence-electron chi connectivity index (χ2n) is 5.60. The van der Waals surface area contributed by atoms with Crippen molar-refractivity contribution in [2.45, 2.75) is 31.9 Å². The van der Waals surface area contributed by atoms with E-state index in [9.17, 15) is 9.90 Å². The van der Waals surface area contributed by atoms with Crippen LogP contribution in [-0.2, 0) is 18.6 Å². The molecule has 3 N–H and O–H groups in total. The standard InChI is InChI=1S/C16H20N4O2S/c1-10-13(20-9-19-10)8-23-6-5-17-15-14(16(21)22)12-4-2-3-11(12)7-18-15/h7,9H,2-6,8H2,1H3,(H,17,18)(H,19,20)(H,21,22). The number of anilines is 1. The maximum absolute atomic E-state index is 11.6. The topological polar surface area (TPSA) is 90.9 Å². The van der Waals surface area contributed by atoms with Crippen LogP contribution in [0.3, 0.4) is 0 Å². The van der Waals surface area contributed by atoms with Crippen LogP contribution in [-0.4, -0.2) is 38.3 Å². The predicted molar refractivity (Wildman–Crippen MR) is 91.2 cm³/mol. The summed E-state index contributed by atoms with van der Waals surface area (Å²) in [6.07, 6.45) is 6.30. The third-order valence-electron chi connectivity index (χ3n) is 4.07. The average Bonchev–Trinajstić information content (AvgIpc) is 3.15. The molecule has 1 aliphatic carbocycles. The molecular formula is C16H20N4O2S. The third kappa shape index (κ3) is 3.50. The van der Waals surface area contributed by atoms with Gasteiger partial charge in [-0.3, -0.25) is 0 Å². The third-order valence-corrected chi connectivity index (χ3v) is 5.04. The number of hydrogen-bond donors (Lipinski definition) is 3. The Morgan fingerprint density at radius 2 is 2.30 bits per heavy atom. The van der Waals surface area contributed by atoms with Crippen molar-refractivity contribution in [3.63, 3.8) is 0 Å². The lowest BCUT2D eigenvalue weighted by Crippen LogP contribution is -2.13. The van der Waals surface area contributed by atoms with E-state index >= 15 is 0 Å². The lowest BCUT2D eigenvalue weighted by Gasteiger charge is -2.12. The Kier molecular flexibility index (Phi) is 4.85. The first-order valence-corrected chi connectivity index (χ1v) is 8.86. The summed E-state index contributed by atoms with van der Waals surface area (Å²) in [6.45, 7) is 2.69. The molecule has 23 heavy (non-hydrogen) atoms. The number of thioether (sulfide) groups is 1. The molecule has 0 atom stereocenters. The van der Waals surface area contributed by atoms with Crippen LogP contribution < -0.4 is 5.32 Å². The number of carboxylic acids is 1. The number of aryl methyl sites for hydroxylation is 2. The second kappa shape index (κ2) is 7.04. The monoisotopic (exact) mass is 332 g/mol. The summed E-state index contributed by atoms with van der Waals surface area (Å²) < 4.78 is 0. The van der Waals surface area contributed by atoms with Crippen LogP contribution in [0.5, 0.6) is 0 Å². The quantitative estimate of drug-likeness (QED) is 0.675. The Morgan fingerprint density at radius 3 is 3.04 bits per heavy atom. The van der Waals surface area contributed by atoms with Gasteiger partial charge in [0.1, 0.15) is 11.4 Å². The molecule has 0 saturated heterocycles. The van der Waals surface area contributed by atoms with E-state index in [1.54, 1.807) is 18.1 Å². The van der Waals surface area contributed by atoms with E-state index in [1.165, 1.54) is 0 Å². The van der Waals surface area contributed by atoms with E-state index in [-0.39, 0.29) is 0 Å². The number of rotatable bonds is 7. The van der Waals surface area contributed by atoms with Crippen molar-refractivity contribution in [3.8, 4) is 0 Å². The van der Waals surface area contributed by atoms with Crippen molar-refractivity contribution >= 4 is 23.5 Å². The maximum Gasteiger partial charge on any atom is 0.339 e. The van der Waals surface area contributed by atoms with Gasteiger partial charge in [0.25, 0.3) is 0 Å². The lowest BCUT2D eigenvalue weighted by molar-refractivity contribution is 0.0696. The molecule has 0 aromatic carbocycles. The zero-order chi connectivity index (χ0) is 16.2. The highest BCUT2D eigenvalue weighted by Gasteiger charge is 2.23. The van der Waals surface area contributed by atoms with Crippen LogP contribution in [0.4, 0.5) is 5.82 Å². The van der Waals surface area contributed by atoms with E-state index in [1.807, 2.05) is 13.1 Å². The first-order valence-electron chi connectivity index (χ1n) is 7.71. The molecule has 1 aliphatic rings. The molecule has 0 radical (unpaired) electrons. The van der Waals surface area contributed by atoms with Gasteiger partial charge in [-0.1, -0.05) is 0 Å². The summed E-state index contributed by atoms with van der Waals surface area (Å²) >= 11 is 1.76. The summed E-state index contributed by atoms with van der Waals surface area (Å²) in [5.41, 5.74) is 4.55. The van der Waals surface area contributed by atoms with Crippen LogP contribution in [0.25, 0.3) is 0 Å². The Bertz CT molecular complexity index is 714. The Morgan fingerprint density at radius 1 is 1.43 bits per heavy atom. The van der Waals surface area contributed by atoms with Gasteiger partial charge in [-0.2, -0.15) is 11.8 Å². The first kappa shape index (κ1) is 15.9. The van der Waals surface area contributed by atoms with Gasteiger partial charge >= 0.3 is 5.97 Å². The van der Waals surface area contributed by atoms with Gasteiger partial charge in [-0.05, 0) is 37.3 Å². The Labute approximate surface area is 139 Å². The van der Waals surface area contributed by atoms with Gasteiger partial charge in [0, 0.05) is 29.9 Å². The van der Waals surface area contributed by atoms with Gasteiger partial charge in [0.15, 0.2) is 0 Å². The second-order valence-corrected chi connectivity index (χ2v) is 6.70. The van der Waals surface area contributed by atoms with Crippen molar-refractivity contribution < 1.29 is 9.90 Å². The number of H-pyrrole nitrogens is 1. The van der Waals surface area contributed by atoms with E-state index in [0.29, 0.717) is 17.9 Å². The number of nitrogens with zero attached hydrogens (tertiary/aromatic N) is 2. The first-order chi connectivity index (χ1) is 11.2. The molecule has 0 saturated carbocycles. The smallest absolute Gasteiger partial charge is 0.339 e. The molecule has 0 aliphatic heterocycles. The lowest BCUT2D eigenvalue weighted by atomic mass is 10.1. The molecule has 6 nitrogen and oxygen atoms in total. The molecule has 2 aromatic heterocycles. The van der Waals surface area contributed by atoms with Crippen molar-refractivity contribution in [1.29, 1.82) is 0 Å². The molecule has 2 aromatic rings. The molecule has 0 bridgehead atoms. The number of fused-ring (bicyclic) bond motifs is 1. The number of nitrogens with one attached hydrogen (secondary N) is 2. The normalized spacial score (nSPS) is 13.1. The highest BCUT2D eigenvalue weighted by Crippen LogP contribution is 2.28. The van der Waals surface area contributed by atoms with Crippen LogP contribution in [0.15, 0.2) is 12.5 Å². The number of aromatic amines is 1. The number of aromatic carboxylic acids is 1. The number of pyridine rings is 1. The van der Waals surface area contributed by atoms with Gasteiger partial charge in [-0.15, -0.1) is 0 Å². The number of aromatic nitrogens is 3. The molecule has 3 rings (SSSR count). The van der Waals surface area contributed by atoms with E-state index < -0.39 is 5.97 Å². The minimum absolute atomic E-state index is 0.355. The predicted octanol–water partition coefficient (Wildman–Crippen LogP) is 2.65. The van der Waals surface area contributed by atoms with Crippen molar-refractivity contribution in [1.82, 2.24) is 15.0 Å². The highest BCUT2D eigenvalue weighted by atomic mass is 32.2. The Balaban J connectivity index is 1.56. The average molecular weight is 332 g/mol. The van der Waals surface area contributed by atoms with Crippen molar-refractivity contribution in [2.24, 2.45) is 0 Å². The molecule has 122 valence electrons. The Hall–Kier alpha value is -2.02. The zero-order valence-corrected chi connectivity index (χ0v) is 13.9. The van der Waals surface area contributed by atoms with Gasteiger partial charge in [-0.25, -0.2) is 14.8 Å². The van der Waals surface area contributed by atoms with Crippen molar-refractivity contribution in [3.05, 3.63) is 40.6 Å². The van der Waals surface area contributed by atoms with Gasteiger partial charge in [0.2, 0.25) is 0 Å². The number of hydrogen-bond acceptors (Lipinski definition) is 5. The summed E-state index contributed by atoms with van der Waals surface area (Å²) in [5.74, 6) is 1.32. The van der Waals surface area contributed by atoms with E-state index in [2.05, 4.69) is 20.3 Å². The summed E-state index contributed by atoms with van der Waals surface area (Å²) in [7, 11) is 0. The minimum Gasteiger partial charge on any atom is -0.478 e.